The van der Waals surface area contributed by atoms with Crippen LogP contribution in [0.4, 0.5) is 16.2 Å². The minimum absolute atomic E-state index is 0.0128. The molecule has 3 N–H and O–H groups in total. The molecule has 2 heterocycles. The summed E-state index contributed by atoms with van der Waals surface area (Å²) in [6.07, 6.45) is -0.0128. The summed E-state index contributed by atoms with van der Waals surface area (Å²) in [6.45, 7) is 1.85. The summed E-state index contributed by atoms with van der Waals surface area (Å²) in [5, 5.41) is 12.3. The van der Waals surface area contributed by atoms with Gasteiger partial charge in [-0.05, 0) is 49.4 Å². The summed E-state index contributed by atoms with van der Waals surface area (Å²) in [4.78, 5) is 48.8. The molecule has 0 radical (unpaired) electrons. The first kappa shape index (κ1) is 21.8. The van der Waals surface area contributed by atoms with Crippen LogP contribution in [0.15, 0.2) is 60.7 Å². The first-order chi connectivity index (χ1) is 15.9. The van der Waals surface area contributed by atoms with Crippen LogP contribution in [0.5, 0.6) is 0 Å². The summed E-state index contributed by atoms with van der Waals surface area (Å²) >= 11 is 0. The number of urea groups is 1. The minimum atomic E-state index is -0.489. The number of carbonyl (C=O) groups excluding carboxylic acids is 4. The summed E-state index contributed by atoms with van der Waals surface area (Å²) in [6, 6.07) is 17.4. The third-order valence-corrected chi connectivity index (χ3v) is 5.05. The molecule has 168 valence electrons. The molecule has 10 nitrogen and oxygen atoms in total. The molecule has 5 amide bonds. The highest BCUT2D eigenvalue weighted by Gasteiger charge is 2.28. The molecule has 1 aromatic heterocycles. The number of nitrogens with zero attached hydrogens (tertiary/aromatic N) is 3. The van der Waals surface area contributed by atoms with Crippen molar-refractivity contribution in [3.8, 4) is 5.69 Å². The molecule has 0 atom stereocenters. The number of amides is 5. The maximum absolute atomic E-state index is 12.6. The Bertz CT molecular complexity index is 1190. The highest BCUT2D eigenvalue weighted by atomic mass is 16.2. The normalized spacial score (nSPS) is 13.1. The lowest BCUT2D eigenvalue weighted by atomic mass is 10.2. The van der Waals surface area contributed by atoms with Gasteiger partial charge in [0, 0.05) is 30.0 Å². The van der Waals surface area contributed by atoms with Crippen LogP contribution in [0.1, 0.15) is 22.6 Å². The Hall–Kier alpha value is -4.47. The van der Waals surface area contributed by atoms with E-state index in [1.807, 2.05) is 37.3 Å². The monoisotopic (exact) mass is 446 g/mol. The zero-order valence-corrected chi connectivity index (χ0v) is 17.9. The Morgan fingerprint density at radius 3 is 2.30 bits per heavy atom. The van der Waals surface area contributed by atoms with Crippen LogP contribution in [-0.4, -0.2) is 51.5 Å². The molecular weight excluding hydrogens is 424 g/mol. The number of benzene rings is 2. The van der Waals surface area contributed by atoms with Crippen molar-refractivity contribution in [1.82, 2.24) is 20.0 Å². The predicted octanol–water partition coefficient (Wildman–Crippen LogP) is 2.31. The molecule has 0 bridgehead atoms. The van der Waals surface area contributed by atoms with Gasteiger partial charge in [0.05, 0.1) is 12.2 Å². The lowest BCUT2D eigenvalue weighted by molar-refractivity contribution is -0.125. The van der Waals surface area contributed by atoms with Gasteiger partial charge in [0.25, 0.3) is 5.91 Å². The highest BCUT2D eigenvalue weighted by molar-refractivity contribution is 6.03. The molecule has 1 fully saturated rings. The van der Waals surface area contributed by atoms with Crippen molar-refractivity contribution in [2.45, 2.75) is 13.3 Å². The van der Waals surface area contributed by atoms with Gasteiger partial charge in [-0.2, -0.15) is 5.10 Å². The molecule has 1 aliphatic heterocycles. The third kappa shape index (κ3) is 5.06. The fourth-order valence-electron chi connectivity index (χ4n) is 3.37. The van der Waals surface area contributed by atoms with Crippen LogP contribution in [-0.2, 0) is 9.59 Å². The number of aryl methyl sites for hydroxylation is 1. The molecule has 0 spiro atoms. The summed E-state index contributed by atoms with van der Waals surface area (Å²) in [5.41, 5.74) is 3.05. The Balaban J connectivity index is 1.32. The van der Waals surface area contributed by atoms with E-state index >= 15 is 0 Å². The Morgan fingerprint density at radius 1 is 1.00 bits per heavy atom. The molecular formula is C23H22N6O4. The zero-order valence-electron chi connectivity index (χ0n) is 17.9. The molecule has 1 aliphatic rings. The fourth-order valence-corrected chi connectivity index (χ4v) is 3.37. The molecule has 10 heteroatoms. The van der Waals surface area contributed by atoms with E-state index in [4.69, 9.17) is 0 Å². The van der Waals surface area contributed by atoms with E-state index in [0.717, 1.165) is 16.3 Å². The average Bonchev–Trinajstić information content (AvgIpc) is 3.36. The second-order valence-corrected chi connectivity index (χ2v) is 7.45. The minimum Gasteiger partial charge on any atom is -0.329 e. The van der Waals surface area contributed by atoms with Crippen LogP contribution in [0.25, 0.3) is 5.69 Å². The Morgan fingerprint density at radius 2 is 1.67 bits per heavy atom. The van der Waals surface area contributed by atoms with Gasteiger partial charge in [0.15, 0.2) is 5.69 Å². The van der Waals surface area contributed by atoms with Gasteiger partial charge in [-0.15, -0.1) is 0 Å². The van der Waals surface area contributed by atoms with Gasteiger partial charge in [0.1, 0.15) is 0 Å². The number of anilines is 2. The summed E-state index contributed by atoms with van der Waals surface area (Å²) in [5.74, 6) is -1.03. The third-order valence-electron chi connectivity index (χ3n) is 5.05. The number of imide groups is 1. The highest BCUT2D eigenvalue weighted by Crippen LogP contribution is 2.16. The van der Waals surface area contributed by atoms with Crippen molar-refractivity contribution >= 4 is 35.1 Å². The van der Waals surface area contributed by atoms with Crippen molar-refractivity contribution in [2.75, 3.05) is 23.7 Å². The molecule has 2 aromatic carbocycles. The average molecular weight is 446 g/mol. The van der Waals surface area contributed by atoms with E-state index in [1.54, 1.807) is 35.0 Å². The lowest BCUT2D eigenvalue weighted by Gasteiger charge is -2.12. The predicted molar refractivity (Wildman–Crippen MR) is 121 cm³/mol. The van der Waals surface area contributed by atoms with Crippen molar-refractivity contribution < 1.29 is 19.2 Å². The number of nitrogens with one attached hydrogen (secondary N) is 3. The quantitative estimate of drug-likeness (QED) is 0.480. The number of hydrogen-bond donors (Lipinski definition) is 3. The molecule has 33 heavy (non-hydrogen) atoms. The topological polar surface area (TPSA) is 125 Å². The molecule has 4 rings (SSSR count). The lowest BCUT2D eigenvalue weighted by Crippen LogP contribution is -2.33. The maximum atomic E-state index is 12.6. The van der Waals surface area contributed by atoms with E-state index in [0.29, 0.717) is 11.4 Å². The van der Waals surface area contributed by atoms with Crippen LogP contribution in [0.2, 0.25) is 0 Å². The standard InChI is InChI=1S/C23H22N6O4/c1-15-13-19(27-29(15)18-5-3-2-4-6-18)22(32)26-17-9-7-16(8-10-17)25-20(30)11-12-28-21(31)14-24-23(28)33/h2-10,13H,11-12,14H2,1H3,(H,24,33)(H,25,30)(H,26,32). The fraction of sp³-hybridized carbons (Fsp3) is 0.174. The van der Waals surface area contributed by atoms with Gasteiger partial charge in [0.2, 0.25) is 11.8 Å². The first-order valence-electron chi connectivity index (χ1n) is 10.3. The number of para-hydroxylation sites is 1. The summed E-state index contributed by atoms with van der Waals surface area (Å²) in [7, 11) is 0. The maximum Gasteiger partial charge on any atom is 0.324 e. The van der Waals surface area contributed by atoms with Crippen LogP contribution in [0.3, 0.4) is 0 Å². The van der Waals surface area contributed by atoms with E-state index < -0.39 is 6.03 Å². The zero-order chi connectivity index (χ0) is 23.4. The van der Waals surface area contributed by atoms with Crippen molar-refractivity contribution in [1.29, 1.82) is 0 Å². The summed E-state index contributed by atoms with van der Waals surface area (Å²) < 4.78 is 1.70. The van der Waals surface area contributed by atoms with Crippen LogP contribution >= 0.6 is 0 Å². The van der Waals surface area contributed by atoms with Crippen LogP contribution in [0, 0.1) is 6.92 Å². The number of aromatic nitrogens is 2. The van der Waals surface area contributed by atoms with Crippen molar-refractivity contribution in [3.63, 3.8) is 0 Å². The van der Waals surface area contributed by atoms with Gasteiger partial charge in [-0.3, -0.25) is 19.3 Å². The molecule has 0 unspecified atom stereocenters. The molecule has 3 aromatic rings. The largest absolute Gasteiger partial charge is 0.329 e. The van der Waals surface area contributed by atoms with E-state index in [1.165, 1.54) is 0 Å². The number of rotatable bonds is 7. The Labute approximate surface area is 189 Å². The second kappa shape index (κ2) is 9.35. The Kier molecular flexibility index (Phi) is 6.16. The smallest absolute Gasteiger partial charge is 0.324 e. The van der Waals surface area contributed by atoms with Gasteiger partial charge in [-0.1, -0.05) is 18.2 Å². The van der Waals surface area contributed by atoms with Crippen molar-refractivity contribution in [3.05, 3.63) is 72.1 Å². The van der Waals surface area contributed by atoms with E-state index in [9.17, 15) is 19.2 Å². The van der Waals surface area contributed by atoms with Gasteiger partial charge >= 0.3 is 6.03 Å². The molecule has 0 aliphatic carbocycles. The van der Waals surface area contributed by atoms with Gasteiger partial charge in [-0.25, -0.2) is 9.48 Å². The SMILES string of the molecule is Cc1cc(C(=O)Nc2ccc(NC(=O)CCN3C(=O)CNC3=O)cc2)nn1-c1ccccc1. The molecule has 1 saturated heterocycles. The molecule has 0 saturated carbocycles. The van der Waals surface area contributed by atoms with E-state index in [-0.39, 0.29) is 42.9 Å². The van der Waals surface area contributed by atoms with Crippen LogP contribution < -0.4 is 16.0 Å². The van der Waals surface area contributed by atoms with E-state index in [2.05, 4.69) is 21.0 Å². The first-order valence-corrected chi connectivity index (χ1v) is 10.3. The van der Waals surface area contributed by atoms with Gasteiger partial charge < -0.3 is 16.0 Å². The van der Waals surface area contributed by atoms with Crippen molar-refractivity contribution in [2.24, 2.45) is 0 Å². The number of hydrogen-bond acceptors (Lipinski definition) is 5. The second-order valence-electron chi connectivity index (χ2n) is 7.45. The number of carbonyl (C=O) groups is 4.